The van der Waals surface area contributed by atoms with Crippen LogP contribution >= 0.6 is 0 Å². The number of sulfone groups is 1. The smallest absolute Gasteiger partial charge is 0.353 e. The number of hydrogen-bond acceptors (Lipinski definition) is 5. The van der Waals surface area contributed by atoms with Crippen LogP contribution in [0.3, 0.4) is 0 Å². The van der Waals surface area contributed by atoms with Crippen LogP contribution in [0, 0.1) is 10.1 Å². The van der Waals surface area contributed by atoms with Crippen LogP contribution in [0.5, 0.6) is 0 Å². The predicted octanol–water partition coefficient (Wildman–Crippen LogP) is 1.36. The summed E-state index contributed by atoms with van der Waals surface area (Å²) in [6, 6.07) is 8.76. The zero-order chi connectivity index (χ0) is 12.5. The van der Waals surface area contributed by atoms with Gasteiger partial charge in [0.25, 0.3) is 0 Å². The Kier molecular flexibility index (Phi) is 2.84. The lowest BCUT2D eigenvalue weighted by molar-refractivity contribution is -0.412. The lowest BCUT2D eigenvalue weighted by Crippen LogP contribution is -2.12. The number of nitrogens with one attached hydrogen (secondary N) is 1. The number of allylic oxidation sites excluding steroid dienone is 1. The third-order valence-corrected chi connectivity index (χ3v) is 4.13. The fourth-order valence-electron chi connectivity index (χ4n) is 1.66. The second-order valence-corrected chi connectivity index (χ2v) is 5.63. The van der Waals surface area contributed by atoms with E-state index in [1.807, 2.05) is 0 Å². The maximum Gasteiger partial charge on any atom is 0.378 e. The molecule has 1 aromatic rings. The van der Waals surface area contributed by atoms with Gasteiger partial charge in [0.1, 0.15) is 5.70 Å². The Balaban J connectivity index is 2.38. The van der Waals surface area contributed by atoms with E-state index in [1.165, 1.54) is 0 Å². The van der Waals surface area contributed by atoms with E-state index in [2.05, 4.69) is 5.32 Å². The van der Waals surface area contributed by atoms with Gasteiger partial charge in [0, 0.05) is 12.1 Å². The molecule has 1 N–H and O–H groups in total. The lowest BCUT2D eigenvalue weighted by atomic mass is 10.3. The van der Waals surface area contributed by atoms with Gasteiger partial charge in [-0.1, -0.05) is 18.2 Å². The minimum absolute atomic E-state index is 0.146. The van der Waals surface area contributed by atoms with Crippen LogP contribution < -0.4 is 5.32 Å². The molecule has 2 rings (SSSR count). The van der Waals surface area contributed by atoms with Crippen LogP contribution in [-0.4, -0.2) is 19.1 Å². The molecule has 0 aliphatic carbocycles. The second-order valence-electron chi connectivity index (χ2n) is 3.60. The lowest BCUT2D eigenvalue weighted by Gasteiger charge is -2.04. The van der Waals surface area contributed by atoms with E-state index in [9.17, 15) is 18.5 Å². The van der Waals surface area contributed by atoms with E-state index in [0.717, 1.165) is 0 Å². The first-order valence-corrected chi connectivity index (χ1v) is 6.58. The SMILES string of the molecule is O=[N+]([O-])C1=C(Nc2ccccc2)CCS1(=O)=O. The van der Waals surface area contributed by atoms with E-state index in [-0.39, 0.29) is 17.9 Å². The van der Waals surface area contributed by atoms with Crippen LogP contribution in [0.4, 0.5) is 5.69 Å². The zero-order valence-electron chi connectivity index (χ0n) is 8.79. The monoisotopic (exact) mass is 254 g/mol. The molecule has 0 unspecified atom stereocenters. The summed E-state index contributed by atoms with van der Waals surface area (Å²) in [6.07, 6.45) is 0.146. The van der Waals surface area contributed by atoms with Gasteiger partial charge in [-0.25, -0.2) is 8.42 Å². The van der Waals surface area contributed by atoms with Crippen molar-refractivity contribution >= 4 is 15.5 Å². The highest BCUT2D eigenvalue weighted by atomic mass is 32.2. The van der Waals surface area contributed by atoms with Crippen molar-refractivity contribution in [2.24, 2.45) is 0 Å². The topological polar surface area (TPSA) is 89.3 Å². The van der Waals surface area contributed by atoms with E-state index in [0.29, 0.717) is 5.69 Å². The number of para-hydroxylation sites is 1. The Bertz CT molecular complexity index is 578. The minimum Gasteiger partial charge on any atom is -0.353 e. The first-order valence-electron chi connectivity index (χ1n) is 4.93. The molecule has 0 spiro atoms. The summed E-state index contributed by atoms with van der Waals surface area (Å²) in [6.45, 7) is 0. The number of nitrogens with zero attached hydrogens (tertiary/aromatic N) is 1. The molecular weight excluding hydrogens is 244 g/mol. The standard InChI is InChI=1S/C10H10N2O4S/c13-12(14)10-9(6-7-17(10,15)16)11-8-4-2-1-3-5-8/h1-5,11H,6-7H2. The van der Waals surface area contributed by atoms with Crippen molar-refractivity contribution in [1.82, 2.24) is 0 Å². The Labute approximate surface area is 98.0 Å². The Morgan fingerprint density at radius 2 is 1.88 bits per heavy atom. The van der Waals surface area contributed by atoms with Gasteiger partial charge in [-0.05, 0) is 12.1 Å². The van der Waals surface area contributed by atoms with Gasteiger partial charge in [0.2, 0.25) is 9.84 Å². The van der Waals surface area contributed by atoms with Gasteiger partial charge < -0.3 is 5.32 Å². The number of rotatable bonds is 3. The van der Waals surface area contributed by atoms with Gasteiger partial charge in [-0.3, -0.25) is 10.1 Å². The van der Waals surface area contributed by atoms with Gasteiger partial charge in [-0.15, -0.1) is 0 Å². The van der Waals surface area contributed by atoms with Crippen molar-refractivity contribution in [3.8, 4) is 0 Å². The summed E-state index contributed by atoms with van der Waals surface area (Å²) < 4.78 is 22.9. The van der Waals surface area contributed by atoms with Crippen molar-refractivity contribution in [1.29, 1.82) is 0 Å². The maximum absolute atomic E-state index is 11.5. The maximum atomic E-state index is 11.5. The number of nitro groups is 1. The van der Waals surface area contributed by atoms with Gasteiger partial charge in [0.15, 0.2) is 0 Å². The molecule has 0 amide bonds. The van der Waals surface area contributed by atoms with E-state index < -0.39 is 19.8 Å². The summed E-state index contributed by atoms with van der Waals surface area (Å²) >= 11 is 0. The number of anilines is 1. The summed E-state index contributed by atoms with van der Waals surface area (Å²) in [4.78, 5) is 9.91. The van der Waals surface area contributed by atoms with Gasteiger partial charge in [-0.2, -0.15) is 0 Å². The predicted molar refractivity (Wildman–Crippen MR) is 62.5 cm³/mol. The Morgan fingerprint density at radius 1 is 1.24 bits per heavy atom. The van der Waals surface area contributed by atoms with Crippen molar-refractivity contribution in [2.45, 2.75) is 6.42 Å². The molecule has 1 heterocycles. The first kappa shape index (κ1) is 11.6. The van der Waals surface area contributed by atoms with Crippen LogP contribution in [0.2, 0.25) is 0 Å². The third kappa shape index (κ3) is 2.28. The molecule has 0 bridgehead atoms. The molecule has 17 heavy (non-hydrogen) atoms. The van der Waals surface area contributed by atoms with E-state index >= 15 is 0 Å². The van der Waals surface area contributed by atoms with Crippen LogP contribution in [0.1, 0.15) is 6.42 Å². The zero-order valence-corrected chi connectivity index (χ0v) is 9.61. The molecule has 0 fully saturated rings. The van der Waals surface area contributed by atoms with Crippen molar-refractivity contribution in [3.05, 3.63) is 51.2 Å². The van der Waals surface area contributed by atoms with Crippen LogP contribution in [0.15, 0.2) is 41.1 Å². The summed E-state index contributed by atoms with van der Waals surface area (Å²) in [7, 11) is -3.74. The molecule has 1 aromatic carbocycles. The molecule has 6 nitrogen and oxygen atoms in total. The largest absolute Gasteiger partial charge is 0.378 e. The molecule has 90 valence electrons. The second kappa shape index (κ2) is 4.17. The fourth-order valence-corrected chi connectivity index (χ4v) is 3.09. The highest BCUT2D eigenvalue weighted by molar-refractivity contribution is 7.95. The van der Waals surface area contributed by atoms with Crippen molar-refractivity contribution < 1.29 is 13.3 Å². The Hall–Kier alpha value is -1.89. The van der Waals surface area contributed by atoms with Crippen LogP contribution in [0.25, 0.3) is 0 Å². The van der Waals surface area contributed by atoms with Gasteiger partial charge >= 0.3 is 5.03 Å². The minimum atomic E-state index is -3.74. The van der Waals surface area contributed by atoms with Crippen LogP contribution in [-0.2, 0) is 9.84 Å². The molecule has 0 aromatic heterocycles. The quantitative estimate of drug-likeness (QED) is 0.649. The van der Waals surface area contributed by atoms with Crippen molar-refractivity contribution in [3.63, 3.8) is 0 Å². The highest BCUT2D eigenvalue weighted by Crippen LogP contribution is 2.27. The Morgan fingerprint density at radius 3 is 2.47 bits per heavy atom. The highest BCUT2D eigenvalue weighted by Gasteiger charge is 2.39. The number of hydrogen-bond donors (Lipinski definition) is 1. The average Bonchev–Trinajstić information content (AvgIpc) is 2.55. The van der Waals surface area contributed by atoms with Gasteiger partial charge in [0.05, 0.1) is 10.7 Å². The molecule has 0 saturated heterocycles. The fraction of sp³-hybridized carbons (Fsp3) is 0.200. The summed E-state index contributed by atoms with van der Waals surface area (Å²) in [5.74, 6) is -0.210. The molecule has 1 aliphatic rings. The summed E-state index contributed by atoms with van der Waals surface area (Å²) in [5, 5.41) is 12.8. The van der Waals surface area contributed by atoms with Crippen molar-refractivity contribution in [2.75, 3.05) is 11.1 Å². The first-order chi connectivity index (χ1) is 8.00. The molecule has 7 heteroatoms. The molecule has 0 atom stereocenters. The van der Waals surface area contributed by atoms with E-state index in [4.69, 9.17) is 0 Å². The molecule has 1 aliphatic heterocycles. The van der Waals surface area contributed by atoms with E-state index in [1.54, 1.807) is 30.3 Å². The summed E-state index contributed by atoms with van der Waals surface area (Å²) in [5.41, 5.74) is 0.792. The molecular formula is C10H10N2O4S. The third-order valence-electron chi connectivity index (χ3n) is 2.41. The average molecular weight is 254 g/mol. The molecule has 0 saturated carbocycles. The molecule has 0 radical (unpaired) electrons. The number of benzene rings is 1. The normalized spacial score (nSPS) is 18.1.